The van der Waals surface area contributed by atoms with Gasteiger partial charge < -0.3 is 10.5 Å². The molecule has 0 unspecified atom stereocenters. The van der Waals surface area contributed by atoms with Crippen molar-refractivity contribution in [2.75, 3.05) is 33.4 Å². The lowest BCUT2D eigenvalue weighted by Gasteiger charge is -2.17. The molecule has 3 nitrogen and oxygen atoms in total. The highest BCUT2D eigenvalue weighted by atomic mass is 16.5. The SMILES string of the molecule is CC(C)c1ccc(CN(C)CCOCCN)cc1. The molecule has 18 heavy (non-hydrogen) atoms. The lowest BCUT2D eigenvalue weighted by molar-refractivity contribution is 0.115. The van der Waals surface area contributed by atoms with Gasteiger partial charge in [0.15, 0.2) is 0 Å². The molecule has 0 atom stereocenters. The van der Waals surface area contributed by atoms with E-state index >= 15 is 0 Å². The summed E-state index contributed by atoms with van der Waals surface area (Å²) in [5.41, 5.74) is 8.11. The van der Waals surface area contributed by atoms with Gasteiger partial charge in [0, 0.05) is 19.6 Å². The largest absolute Gasteiger partial charge is 0.379 e. The first-order valence-electron chi connectivity index (χ1n) is 6.68. The Balaban J connectivity index is 2.32. The summed E-state index contributed by atoms with van der Waals surface area (Å²) in [5.74, 6) is 0.599. The fraction of sp³-hybridized carbons (Fsp3) is 0.600. The van der Waals surface area contributed by atoms with Crippen LogP contribution in [0, 0.1) is 0 Å². The van der Waals surface area contributed by atoms with Crippen LogP contribution in [-0.2, 0) is 11.3 Å². The number of nitrogens with zero attached hydrogens (tertiary/aromatic N) is 1. The van der Waals surface area contributed by atoms with Gasteiger partial charge in [-0.3, -0.25) is 4.90 Å². The summed E-state index contributed by atoms with van der Waals surface area (Å²) in [6.45, 7) is 8.33. The monoisotopic (exact) mass is 250 g/mol. The van der Waals surface area contributed by atoms with Crippen LogP contribution in [0.25, 0.3) is 0 Å². The molecule has 0 saturated heterocycles. The van der Waals surface area contributed by atoms with Gasteiger partial charge in [0.2, 0.25) is 0 Å². The number of benzene rings is 1. The first-order chi connectivity index (χ1) is 8.63. The van der Waals surface area contributed by atoms with Crippen molar-refractivity contribution in [3.8, 4) is 0 Å². The molecule has 1 aromatic carbocycles. The van der Waals surface area contributed by atoms with E-state index in [0.717, 1.165) is 19.7 Å². The first kappa shape index (κ1) is 15.2. The lowest BCUT2D eigenvalue weighted by atomic mass is 10.0. The van der Waals surface area contributed by atoms with E-state index in [1.165, 1.54) is 11.1 Å². The van der Waals surface area contributed by atoms with Crippen LogP contribution in [0.3, 0.4) is 0 Å². The summed E-state index contributed by atoms with van der Waals surface area (Å²) >= 11 is 0. The van der Waals surface area contributed by atoms with Crippen LogP contribution in [0.5, 0.6) is 0 Å². The van der Waals surface area contributed by atoms with Crippen LogP contribution in [0.4, 0.5) is 0 Å². The molecule has 102 valence electrons. The third-order valence-corrected chi connectivity index (χ3v) is 2.98. The van der Waals surface area contributed by atoms with E-state index < -0.39 is 0 Å². The summed E-state index contributed by atoms with van der Waals surface area (Å²) in [7, 11) is 2.11. The Kier molecular flexibility index (Phi) is 6.94. The molecule has 1 rings (SSSR count). The molecular formula is C15H26N2O. The number of hydrogen-bond acceptors (Lipinski definition) is 3. The fourth-order valence-electron chi connectivity index (χ4n) is 1.80. The maximum absolute atomic E-state index is 5.38. The summed E-state index contributed by atoms with van der Waals surface area (Å²) in [6.07, 6.45) is 0. The highest BCUT2D eigenvalue weighted by Crippen LogP contribution is 2.15. The van der Waals surface area contributed by atoms with E-state index in [2.05, 4.69) is 50.1 Å². The molecule has 1 aromatic rings. The molecule has 0 aliphatic carbocycles. The Hall–Kier alpha value is -0.900. The van der Waals surface area contributed by atoms with Gasteiger partial charge in [-0.25, -0.2) is 0 Å². The second-order valence-electron chi connectivity index (χ2n) is 5.04. The summed E-state index contributed by atoms with van der Waals surface area (Å²) in [4.78, 5) is 2.26. The van der Waals surface area contributed by atoms with Crippen molar-refractivity contribution in [2.45, 2.75) is 26.3 Å². The van der Waals surface area contributed by atoms with Crippen molar-refractivity contribution in [1.29, 1.82) is 0 Å². The lowest BCUT2D eigenvalue weighted by Crippen LogP contribution is -2.23. The maximum atomic E-state index is 5.38. The average Bonchev–Trinajstić information content (AvgIpc) is 2.35. The van der Waals surface area contributed by atoms with Gasteiger partial charge in [0.1, 0.15) is 0 Å². The topological polar surface area (TPSA) is 38.5 Å². The fourth-order valence-corrected chi connectivity index (χ4v) is 1.80. The molecule has 0 fully saturated rings. The molecule has 3 heteroatoms. The van der Waals surface area contributed by atoms with Crippen LogP contribution in [0.15, 0.2) is 24.3 Å². The van der Waals surface area contributed by atoms with Gasteiger partial charge >= 0.3 is 0 Å². The van der Waals surface area contributed by atoms with Crippen molar-refractivity contribution >= 4 is 0 Å². The van der Waals surface area contributed by atoms with Gasteiger partial charge in [-0.2, -0.15) is 0 Å². The summed E-state index contributed by atoms with van der Waals surface area (Å²) < 4.78 is 5.38. The van der Waals surface area contributed by atoms with Crippen LogP contribution >= 0.6 is 0 Å². The smallest absolute Gasteiger partial charge is 0.0594 e. The maximum Gasteiger partial charge on any atom is 0.0594 e. The minimum Gasteiger partial charge on any atom is -0.379 e. The quantitative estimate of drug-likeness (QED) is 0.719. The third-order valence-electron chi connectivity index (χ3n) is 2.98. The number of likely N-dealkylation sites (N-methyl/N-ethyl adjacent to an activating group) is 1. The zero-order chi connectivity index (χ0) is 13.4. The Labute approximate surface area is 111 Å². The van der Waals surface area contributed by atoms with E-state index in [9.17, 15) is 0 Å². The minimum absolute atomic E-state index is 0.598. The van der Waals surface area contributed by atoms with E-state index in [0.29, 0.717) is 19.1 Å². The highest BCUT2D eigenvalue weighted by Gasteiger charge is 2.02. The third kappa shape index (κ3) is 5.63. The van der Waals surface area contributed by atoms with Crippen molar-refractivity contribution in [3.05, 3.63) is 35.4 Å². The number of rotatable bonds is 8. The molecule has 0 saturated carbocycles. The second-order valence-corrected chi connectivity index (χ2v) is 5.04. The average molecular weight is 250 g/mol. The van der Waals surface area contributed by atoms with Crippen molar-refractivity contribution in [1.82, 2.24) is 4.90 Å². The van der Waals surface area contributed by atoms with Gasteiger partial charge in [-0.1, -0.05) is 38.1 Å². The Morgan fingerprint density at radius 2 is 1.83 bits per heavy atom. The zero-order valence-electron chi connectivity index (χ0n) is 11.9. The van der Waals surface area contributed by atoms with Crippen LogP contribution in [0.2, 0.25) is 0 Å². The van der Waals surface area contributed by atoms with Crippen molar-refractivity contribution in [3.63, 3.8) is 0 Å². The predicted molar refractivity (Wildman–Crippen MR) is 76.7 cm³/mol. The molecule has 0 aliphatic rings. The zero-order valence-corrected chi connectivity index (χ0v) is 11.9. The minimum atomic E-state index is 0.598. The van der Waals surface area contributed by atoms with Crippen molar-refractivity contribution in [2.24, 2.45) is 5.73 Å². The highest BCUT2D eigenvalue weighted by molar-refractivity contribution is 5.24. The molecule has 0 heterocycles. The summed E-state index contributed by atoms with van der Waals surface area (Å²) in [5, 5.41) is 0. The summed E-state index contributed by atoms with van der Waals surface area (Å²) in [6, 6.07) is 8.87. The Morgan fingerprint density at radius 3 is 2.39 bits per heavy atom. The normalized spacial score (nSPS) is 11.4. The Bertz CT molecular complexity index is 322. The molecule has 0 radical (unpaired) electrons. The van der Waals surface area contributed by atoms with Crippen LogP contribution < -0.4 is 5.73 Å². The molecule has 0 spiro atoms. The van der Waals surface area contributed by atoms with E-state index in [-0.39, 0.29) is 0 Å². The van der Waals surface area contributed by atoms with E-state index in [4.69, 9.17) is 10.5 Å². The second kappa shape index (κ2) is 8.25. The van der Waals surface area contributed by atoms with Crippen molar-refractivity contribution < 1.29 is 4.74 Å². The van der Waals surface area contributed by atoms with Crippen LogP contribution in [-0.4, -0.2) is 38.3 Å². The molecule has 0 aliphatic heterocycles. The standard InChI is InChI=1S/C15H26N2O/c1-13(2)15-6-4-14(5-7-15)12-17(3)9-11-18-10-8-16/h4-7,13H,8-12,16H2,1-3H3. The molecule has 0 amide bonds. The van der Waals surface area contributed by atoms with E-state index in [1.807, 2.05) is 0 Å². The number of nitrogens with two attached hydrogens (primary N) is 1. The van der Waals surface area contributed by atoms with Gasteiger partial charge in [-0.15, -0.1) is 0 Å². The number of hydrogen-bond donors (Lipinski definition) is 1. The first-order valence-corrected chi connectivity index (χ1v) is 6.68. The predicted octanol–water partition coefficient (Wildman–Crippen LogP) is 2.22. The molecule has 2 N–H and O–H groups in total. The van der Waals surface area contributed by atoms with Crippen LogP contribution in [0.1, 0.15) is 30.9 Å². The Morgan fingerprint density at radius 1 is 1.17 bits per heavy atom. The molecule has 0 aromatic heterocycles. The van der Waals surface area contributed by atoms with E-state index in [1.54, 1.807) is 0 Å². The molecular weight excluding hydrogens is 224 g/mol. The van der Waals surface area contributed by atoms with Gasteiger partial charge in [-0.05, 0) is 24.1 Å². The number of ether oxygens (including phenoxy) is 1. The molecule has 0 bridgehead atoms. The van der Waals surface area contributed by atoms with Gasteiger partial charge in [0.05, 0.1) is 13.2 Å². The van der Waals surface area contributed by atoms with Gasteiger partial charge in [0.25, 0.3) is 0 Å².